The Kier molecular flexibility index (Phi) is 7.27. The average Bonchev–Trinajstić information content (AvgIpc) is 2.14. The lowest BCUT2D eigenvalue weighted by Gasteiger charge is -2.05. The lowest BCUT2D eigenvalue weighted by Crippen LogP contribution is -2.08. The summed E-state index contributed by atoms with van der Waals surface area (Å²) in [6.45, 7) is 8.05. The van der Waals surface area contributed by atoms with E-state index in [-0.39, 0.29) is 11.7 Å². The number of hydrogen-bond acceptors (Lipinski definition) is 2. The lowest BCUT2D eigenvalue weighted by atomic mass is 9.99. The Morgan fingerprint density at radius 1 is 0.933 bits per heavy atom. The molecule has 0 aromatic rings. The van der Waals surface area contributed by atoms with Crippen LogP contribution in [0.25, 0.3) is 0 Å². The third-order valence-corrected chi connectivity index (χ3v) is 2.52. The van der Waals surface area contributed by atoms with E-state index in [9.17, 15) is 9.59 Å². The number of carbonyl (C=O) groups is 2. The highest BCUT2D eigenvalue weighted by molar-refractivity contribution is 5.82. The number of rotatable bonds is 8. The van der Waals surface area contributed by atoms with Gasteiger partial charge in [0, 0.05) is 25.2 Å². The van der Waals surface area contributed by atoms with Crippen LogP contribution in [-0.4, -0.2) is 11.6 Å². The Bertz CT molecular complexity index is 205. The van der Waals surface area contributed by atoms with E-state index in [0.717, 1.165) is 12.8 Å². The fraction of sp³-hybridized carbons (Fsp3) is 0.846. The van der Waals surface area contributed by atoms with Gasteiger partial charge < -0.3 is 0 Å². The first-order chi connectivity index (χ1) is 6.93. The van der Waals surface area contributed by atoms with Crippen molar-refractivity contribution in [1.29, 1.82) is 0 Å². The molecule has 0 aliphatic heterocycles. The minimum atomic E-state index is 0.107. The van der Waals surface area contributed by atoms with Gasteiger partial charge >= 0.3 is 0 Å². The second-order valence-electron chi connectivity index (χ2n) is 4.95. The Morgan fingerprint density at radius 3 is 2.00 bits per heavy atom. The van der Waals surface area contributed by atoms with Crippen LogP contribution in [0.3, 0.4) is 0 Å². The topological polar surface area (TPSA) is 34.1 Å². The quantitative estimate of drug-likeness (QED) is 0.618. The summed E-state index contributed by atoms with van der Waals surface area (Å²) in [5, 5.41) is 0. The summed E-state index contributed by atoms with van der Waals surface area (Å²) >= 11 is 0. The zero-order valence-corrected chi connectivity index (χ0v) is 10.5. The molecule has 0 amide bonds. The molecule has 0 aliphatic carbocycles. The number of ketones is 2. The van der Waals surface area contributed by atoms with E-state index in [1.54, 1.807) is 0 Å². The molecular formula is C13H24O2. The maximum Gasteiger partial charge on any atom is 0.135 e. The van der Waals surface area contributed by atoms with Gasteiger partial charge in [-0.1, -0.05) is 27.7 Å². The van der Waals surface area contributed by atoms with Crippen LogP contribution in [0, 0.1) is 11.8 Å². The van der Waals surface area contributed by atoms with Crippen molar-refractivity contribution in [2.45, 2.75) is 59.8 Å². The summed E-state index contributed by atoms with van der Waals surface area (Å²) in [5.74, 6) is 1.27. The van der Waals surface area contributed by atoms with Crippen LogP contribution in [0.1, 0.15) is 59.8 Å². The molecule has 0 saturated heterocycles. The first-order valence-electron chi connectivity index (χ1n) is 5.98. The molecule has 0 spiro atoms. The zero-order chi connectivity index (χ0) is 11.8. The maximum atomic E-state index is 11.4. The summed E-state index contributed by atoms with van der Waals surface area (Å²) < 4.78 is 0. The fourth-order valence-corrected chi connectivity index (χ4v) is 1.32. The molecule has 0 unspecified atom stereocenters. The van der Waals surface area contributed by atoms with Crippen LogP contribution in [0.15, 0.2) is 0 Å². The second-order valence-corrected chi connectivity index (χ2v) is 4.95. The normalized spacial score (nSPS) is 11.1. The summed E-state index contributed by atoms with van der Waals surface area (Å²) in [7, 11) is 0. The van der Waals surface area contributed by atoms with Gasteiger partial charge in [-0.3, -0.25) is 9.59 Å². The van der Waals surface area contributed by atoms with Crippen molar-refractivity contribution in [2.75, 3.05) is 0 Å². The Hall–Kier alpha value is -0.660. The first-order valence-corrected chi connectivity index (χ1v) is 5.98. The Balaban J connectivity index is 3.51. The molecule has 0 heterocycles. The minimum absolute atomic E-state index is 0.107. The van der Waals surface area contributed by atoms with Gasteiger partial charge in [-0.25, -0.2) is 0 Å². The van der Waals surface area contributed by atoms with E-state index < -0.39 is 0 Å². The molecule has 0 aromatic carbocycles. The summed E-state index contributed by atoms with van der Waals surface area (Å²) in [6.07, 6.45) is 3.51. The molecule has 0 saturated carbocycles. The van der Waals surface area contributed by atoms with Crippen molar-refractivity contribution in [2.24, 2.45) is 11.8 Å². The van der Waals surface area contributed by atoms with Gasteiger partial charge in [-0.05, 0) is 18.8 Å². The third-order valence-electron chi connectivity index (χ3n) is 2.52. The molecule has 0 fully saturated rings. The lowest BCUT2D eigenvalue weighted by molar-refractivity contribution is -0.122. The van der Waals surface area contributed by atoms with Crippen LogP contribution < -0.4 is 0 Å². The van der Waals surface area contributed by atoms with Crippen molar-refractivity contribution < 1.29 is 9.59 Å². The summed E-state index contributed by atoms with van der Waals surface area (Å²) in [5.41, 5.74) is 0. The zero-order valence-electron chi connectivity index (χ0n) is 10.5. The first kappa shape index (κ1) is 14.3. The summed E-state index contributed by atoms with van der Waals surface area (Å²) in [6, 6.07) is 0. The third kappa shape index (κ3) is 8.34. The van der Waals surface area contributed by atoms with Crippen LogP contribution in [0.2, 0.25) is 0 Å². The fourth-order valence-electron chi connectivity index (χ4n) is 1.32. The van der Waals surface area contributed by atoms with Gasteiger partial charge in [0.2, 0.25) is 0 Å². The van der Waals surface area contributed by atoms with E-state index in [2.05, 4.69) is 13.8 Å². The van der Waals surface area contributed by atoms with E-state index in [1.165, 1.54) is 0 Å². The molecule has 2 nitrogen and oxygen atoms in total. The predicted octanol–water partition coefficient (Wildman–Crippen LogP) is 3.39. The minimum Gasteiger partial charge on any atom is -0.300 e. The Labute approximate surface area is 93.4 Å². The number of Topliss-reactive ketones (excluding diaryl/α,β-unsaturated/α-hetero) is 2. The molecule has 0 aliphatic rings. The molecule has 0 bridgehead atoms. The summed E-state index contributed by atoms with van der Waals surface area (Å²) in [4.78, 5) is 22.7. The highest BCUT2D eigenvalue weighted by Crippen LogP contribution is 2.09. The van der Waals surface area contributed by atoms with E-state index in [0.29, 0.717) is 31.0 Å². The molecule has 15 heavy (non-hydrogen) atoms. The van der Waals surface area contributed by atoms with Crippen LogP contribution in [0.4, 0.5) is 0 Å². The molecule has 0 aromatic heterocycles. The van der Waals surface area contributed by atoms with Gasteiger partial charge in [0.05, 0.1) is 0 Å². The second kappa shape index (κ2) is 7.61. The highest BCUT2D eigenvalue weighted by atomic mass is 16.1. The van der Waals surface area contributed by atoms with Crippen molar-refractivity contribution in [3.8, 4) is 0 Å². The molecule has 0 N–H and O–H groups in total. The molecule has 0 rings (SSSR count). The monoisotopic (exact) mass is 212 g/mol. The van der Waals surface area contributed by atoms with E-state index >= 15 is 0 Å². The number of hydrogen-bond donors (Lipinski definition) is 0. The SMILES string of the molecule is CC(C)CCC(=O)CCCC(=O)C(C)C. The van der Waals surface area contributed by atoms with Crippen molar-refractivity contribution >= 4 is 11.6 Å². The molecule has 0 atom stereocenters. The highest BCUT2D eigenvalue weighted by Gasteiger charge is 2.08. The Morgan fingerprint density at radius 2 is 1.53 bits per heavy atom. The molecule has 2 heteroatoms. The smallest absolute Gasteiger partial charge is 0.135 e. The van der Waals surface area contributed by atoms with Gasteiger partial charge in [0.1, 0.15) is 11.6 Å². The molecule has 0 radical (unpaired) electrons. The van der Waals surface area contributed by atoms with Crippen molar-refractivity contribution in [3.63, 3.8) is 0 Å². The van der Waals surface area contributed by atoms with Crippen LogP contribution in [-0.2, 0) is 9.59 Å². The van der Waals surface area contributed by atoms with Gasteiger partial charge in [0.25, 0.3) is 0 Å². The van der Waals surface area contributed by atoms with Crippen molar-refractivity contribution in [3.05, 3.63) is 0 Å². The average molecular weight is 212 g/mol. The van der Waals surface area contributed by atoms with Crippen LogP contribution in [0.5, 0.6) is 0 Å². The predicted molar refractivity (Wildman–Crippen MR) is 62.8 cm³/mol. The number of carbonyl (C=O) groups excluding carboxylic acids is 2. The molecular weight excluding hydrogens is 188 g/mol. The van der Waals surface area contributed by atoms with E-state index in [1.807, 2.05) is 13.8 Å². The maximum absolute atomic E-state index is 11.4. The van der Waals surface area contributed by atoms with Crippen LogP contribution >= 0.6 is 0 Å². The van der Waals surface area contributed by atoms with Gasteiger partial charge in [-0.2, -0.15) is 0 Å². The van der Waals surface area contributed by atoms with Gasteiger partial charge in [-0.15, -0.1) is 0 Å². The van der Waals surface area contributed by atoms with Gasteiger partial charge in [0.15, 0.2) is 0 Å². The largest absolute Gasteiger partial charge is 0.300 e. The molecule has 88 valence electrons. The van der Waals surface area contributed by atoms with E-state index in [4.69, 9.17) is 0 Å². The van der Waals surface area contributed by atoms with Crippen molar-refractivity contribution in [1.82, 2.24) is 0 Å². The standard InChI is InChI=1S/C13H24O2/c1-10(2)8-9-12(14)6-5-7-13(15)11(3)4/h10-11H,5-9H2,1-4H3.